The van der Waals surface area contributed by atoms with Gasteiger partial charge in [0, 0.05) is 19.2 Å². The maximum Gasteiger partial charge on any atom is 0.416 e. The van der Waals surface area contributed by atoms with Gasteiger partial charge in [0.25, 0.3) is 0 Å². The number of rotatable bonds is 5. The van der Waals surface area contributed by atoms with E-state index in [0.717, 1.165) is 17.0 Å². The maximum atomic E-state index is 12.5. The molecule has 1 heterocycles. The van der Waals surface area contributed by atoms with E-state index in [4.69, 9.17) is 0 Å². The summed E-state index contributed by atoms with van der Waals surface area (Å²) in [5, 5.41) is 4.88. The second kappa shape index (κ2) is 7.37. The third-order valence-electron chi connectivity index (χ3n) is 3.59. The molecule has 1 aliphatic heterocycles. The first-order valence-corrected chi connectivity index (χ1v) is 7.40. The molecule has 1 fully saturated rings. The first-order valence-electron chi connectivity index (χ1n) is 7.40. The van der Waals surface area contributed by atoms with Crippen molar-refractivity contribution in [3.63, 3.8) is 0 Å². The van der Waals surface area contributed by atoms with Crippen LogP contribution < -0.4 is 10.6 Å². The van der Waals surface area contributed by atoms with Gasteiger partial charge in [0.2, 0.25) is 11.8 Å². The number of alkyl halides is 3. The Labute approximate surface area is 141 Å². The first kappa shape index (κ1) is 18.5. The van der Waals surface area contributed by atoms with Gasteiger partial charge in [-0.3, -0.25) is 14.5 Å². The molecule has 1 aromatic carbocycles. The summed E-state index contributed by atoms with van der Waals surface area (Å²) in [4.78, 5) is 35.5. The van der Waals surface area contributed by atoms with E-state index in [-0.39, 0.29) is 25.5 Å². The first-order chi connectivity index (χ1) is 11.7. The predicted molar refractivity (Wildman–Crippen MR) is 83.2 cm³/mol. The van der Waals surface area contributed by atoms with Crippen molar-refractivity contribution in [1.82, 2.24) is 15.5 Å². The summed E-state index contributed by atoms with van der Waals surface area (Å²) in [5.74, 6) is -0.833. The number of carbonyl (C=O) groups excluding carboxylic acids is 3. The molecule has 9 heteroatoms. The van der Waals surface area contributed by atoms with Crippen LogP contribution in [0.25, 0.3) is 5.57 Å². The molecule has 0 spiro atoms. The zero-order valence-corrected chi connectivity index (χ0v) is 13.3. The zero-order valence-electron chi connectivity index (χ0n) is 13.3. The third kappa shape index (κ3) is 4.82. The molecule has 0 saturated carbocycles. The number of nitrogens with one attached hydrogen (secondary N) is 2. The highest BCUT2D eigenvalue weighted by molar-refractivity contribution is 6.02. The molecule has 2 N–H and O–H groups in total. The minimum atomic E-state index is -4.41. The molecule has 1 aromatic rings. The fourth-order valence-corrected chi connectivity index (χ4v) is 2.23. The second-order valence-electron chi connectivity index (χ2n) is 5.40. The number of hydrogen-bond acceptors (Lipinski definition) is 3. The van der Waals surface area contributed by atoms with Crippen LogP contribution in [0.3, 0.4) is 0 Å². The molecule has 134 valence electrons. The van der Waals surface area contributed by atoms with Gasteiger partial charge in [-0.2, -0.15) is 13.2 Å². The van der Waals surface area contributed by atoms with Crippen molar-refractivity contribution in [2.75, 3.05) is 19.6 Å². The summed E-state index contributed by atoms with van der Waals surface area (Å²) in [6.07, 6.45) is -3.17. The van der Waals surface area contributed by atoms with Gasteiger partial charge in [0.05, 0.1) is 12.1 Å². The Hall–Kier alpha value is -2.84. The molecule has 25 heavy (non-hydrogen) atoms. The molecule has 0 aliphatic carbocycles. The van der Waals surface area contributed by atoms with Gasteiger partial charge in [0.1, 0.15) is 0 Å². The quantitative estimate of drug-likeness (QED) is 0.624. The van der Waals surface area contributed by atoms with Crippen LogP contribution in [0.4, 0.5) is 18.0 Å². The normalized spacial score (nSPS) is 15.4. The van der Waals surface area contributed by atoms with Gasteiger partial charge < -0.3 is 10.6 Å². The van der Waals surface area contributed by atoms with Gasteiger partial charge in [-0.1, -0.05) is 12.1 Å². The van der Waals surface area contributed by atoms with E-state index in [9.17, 15) is 27.6 Å². The lowest BCUT2D eigenvalue weighted by atomic mass is 10.0. The van der Waals surface area contributed by atoms with E-state index in [1.165, 1.54) is 18.2 Å². The third-order valence-corrected chi connectivity index (χ3v) is 3.59. The number of nitrogens with zero attached hydrogens (tertiary/aromatic N) is 1. The lowest BCUT2D eigenvalue weighted by Gasteiger charge is -2.12. The molecule has 6 nitrogen and oxygen atoms in total. The Morgan fingerprint density at radius 3 is 2.44 bits per heavy atom. The molecular formula is C16H16F3N3O3. The van der Waals surface area contributed by atoms with Crippen molar-refractivity contribution in [2.24, 2.45) is 0 Å². The van der Waals surface area contributed by atoms with Gasteiger partial charge in [0.15, 0.2) is 0 Å². The molecule has 0 bridgehead atoms. The van der Waals surface area contributed by atoms with Gasteiger partial charge in [-0.15, -0.1) is 0 Å². The van der Waals surface area contributed by atoms with Gasteiger partial charge in [-0.05, 0) is 30.2 Å². The van der Waals surface area contributed by atoms with Gasteiger partial charge in [-0.25, -0.2) is 4.79 Å². The highest BCUT2D eigenvalue weighted by Crippen LogP contribution is 2.29. The number of amides is 4. The Morgan fingerprint density at radius 2 is 1.92 bits per heavy atom. The van der Waals surface area contributed by atoms with E-state index >= 15 is 0 Å². The number of benzene rings is 1. The molecule has 2 rings (SSSR count). The molecule has 0 atom stereocenters. The van der Waals surface area contributed by atoms with Crippen LogP contribution in [-0.2, 0) is 15.8 Å². The average Bonchev–Trinajstić information content (AvgIpc) is 2.86. The highest BCUT2D eigenvalue weighted by atomic mass is 19.4. The fraction of sp³-hybridized carbons (Fsp3) is 0.312. The summed E-state index contributed by atoms with van der Waals surface area (Å²) >= 11 is 0. The zero-order chi connectivity index (χ0) is 18.6. The smallest absolute Gasteiger partial charge is 0.351 e. The summed E-state index contributed by atoms with van der Waals surface area (Å²) in [5.41, 5.74) is 0.209. The number of imide groups is 1. The largest absolute Gasteiger partial charge is 0.416 e. The second-order valence-corrected chi connectivity index (χ2v) is 5.40. The number of halogens is 3. The van der Waals surface area contributed by atoms with Crippen LogP contribution in [0.15, 0.2) is 30.3 Å². The van der Waals surface area contributed by atoms with Crippen LogP contribution in [0.5, 0.6) is 0 Å². The van der Waals surface area contributed by atoms with Crippen molar-refractivity contribution < 1.29 is 27.6 Å². The summed E-state index contributed by atoms with van der Waals surface area (Å²) < 4.78 is 37.6. The molecule has 0 aromatic heterocycles. The molecule has 1 aliphatic rings. The lowest BCUT2D eigenvalue weighted by Crippen LogP contribution is -2.38. The monoisotopic (exact) mass is 355 g/mol. The topological polar surface area (TPSA) is 78.5 Å². The molecule has 1 saturated heterocycles. The fourth-order valence-electron chi connectivity index (χ4n) is 2.23. The van der Waals surface area contributed by atoms with E-state index < -0.39 is 23.7 Å². The molecule has 0 radical (unpaired) electrons. The van der Waals surface area contributed by atoms with Crippen LogP contribution in [0, 0.1) is 0 Å². The van der Waals surface area contributed by atoms with Crippen molar-refractivity contribution in [1.29, 1.82) is 0 Å². The number of allylic oxidation sites excluding steroid dienone is 1. The highest BCUT2D eigenvalue weighted by Gasteiger charge is 2.30. The molecular weight excluding hydrogens is 339 g/mol. The average molecular weight is 355 g/mol. The SMILES string of the molecule is C/C(=C/C(=O)NCCN1C(=O)CNC1=O)c1ccc(C(F)(F)F)cc1. The molecule has 0 unspecified atom stereocenters. The van der Waals surface area contributed by atoms with E-state index in [2.05, 4.69) is 10.6 Å². The number of carbonyl (C=O) groups is 3. The lowest BCUT2D eigenvalue weighted by molar-refractivity contribution is -0.137. The van der Waals surface area contributed by atoms with E-state index in [1.54, 1.807) is 6.92 Å². The Balaban J connectivity index is 1.89. The number of urea groups is 1. The van der Waals surface area contributed by atoms with E-state index in [1.807, 2.05) is 0 Å². The van der Waals surface area contributed by atoms with Crippen molar-refractivity contribution in [3.05, 3.63) is 41.5 Å². The van der Waals surface area contributed by atoms with Crippen LogP contribution in [0.2, 0.25) is 0 Å². The maximum absolute atomic E-state index is 12.5. The Morgan fingerprint density at radius 1 is 1.28 bits per heavy atom. The summed E-state index contributed by atoms with van der Waals surface area (Å²) in [7, 11) is 0. The predicted octanol–water partition coefficient (Wildman–Crippen LogP) is 1.78. The van der Waals surface area contributed by atoms with Gasteiger partial charge >= 0.3 is 12.2 Å². The minimum absolute atomic E-state index is 0.0452. The Bertz CT molecular complexity index is 696. The van der Waals surface area contributed by atoms with Crippen molar-refractivity contribution in [2.45, 2.75) is 13.1 Å². The van der Waals surface area contributed by atoms with Crippen LogP contribution >= 0.6 is 0 Å². The van der Waals surface area contributed by atoms with Crippen molar-refractivity contribution in [3.8, 4) is 0 Å². The standard InChI is InChI=1S/C16H16F3N3O3/c1-10(11-2-4-12(5-3-11)16(17,18)19)8-13(23)20-6-7-22-14(24)9-21-15(22)25/h2-5,8H,6-7,9H2,1H3,(H,20,23)(H,21,25)/b10-8-. The van der Waals surface area contributed by atoms with E-state index in [0.29, 0.717) is 11.1 Å². The van der Waals surface area contributed by atoms with Crippen LogP contribution in [-0.4, -0.2) is 42.4 Å². The summed E-state index contributed by atoms with van der Waals surface area (Å²) in [6, 6.07) is 3.96. The van der Waals surface area contributed by atoms with Crippen molar-refractivity contribution >= 4 is 23.4 Å². The van der Waals surface area contributed by atoms with Crippen LogP contribution in [0.1, 0.15) is 18.1 Å². The molecule has 4 amide bonds. The number of hydrogen-bond donors (Lipinski definition) is 2. The summed E-state index contributed by atoms with van der Waals surface area (Å²) in [6.45, 7) is 1.66. The Kier molecular flexibility index (Phi) is 5.45. The minimum Gasteiger partial charge on any atom is -0.351 e.